The van der Waals surface area contributed by atoms with Gasteiger partial charge in [-0.1, -0.05) is 0 Å². The highest BCUT2D eigenvalue weighted by Crippen LogP contribution is 2.11. The summed E-state index contributed by atoms with van der Waals surface area (Å²) in [7, 11) is 0. The van der Waals surface area contributed by atoms with Crippen molar-refractivity contribution in [3.63, 3.8) is 0 Å². The van der Waals surface area contributed by atoms with E-state index in [0.29, 0.717) is 0 Å². The van der Waals surface area contributed by atoms with E-state index in [1.54, 1.807) is 0 Å². The van der Waals surface area contributed by atoms with Crippen molar-refractivity contribution in [2.45, 2.75) is 11.9 Å². The Balaban J connectivity index is 3.64. The maximum atomic E-state index is 10.6. The zero-order chi connectivity index (χ0) is 8.91. The number of ether oxygens (including phenoxy) is 1. The third-order valence-electron chi connectivity index (χ3n) is 1.10. The van der Waals surface area contributed by atoms with Gasteiger partial charge in [0.15, 0.2) is 10.7 Å². The van der Waals surface area contributed by atoms with E-state index in [-0.39, 0.29) is 19.8 Å². The van der Waals surface area contributed by atoms with Crippen molar-refractivity contribution in [3.8, 4) is 0 Å². The average Bonchev–Trinajstić information content (AvgIpc) is 1.88. The van der Waals surface area contributed by atoms with Gasteiger partial charge in [0.2, 0.25) is 0 Å². The molecule has 0 aliphatic heterocycles. The number of aliphatic hydroxyl groups is 2. The largest absolute Gasteiger partial charge is 0.394 e. The number of aliphatic hydroxyl groups excluding tert-OH is 1. The highest BCUT2D eigenvalue weighted by atomic mass is 32.1. The van der Waals surface area contributed by atoms with Gasteiger partial charge in [-0.3, -0.25) is 4.79 Å². The fraction of sp³-hybridized carbons (Fsp3) is 0.833. The first-order chi connectivity index (χ1) is 5.00. The van der Waals surface area contributed by atoms with Gasteiger partial charge in [0.1, 0.15) is 0 Å². The minimum Gasteiger partial charge on any atom is -0.394 e. The van der Waals surface area contributed by atoms with E-state index in [1.807, 2.05) is 0 Å². The molecule has 2 N–H and O–H groups in total. The number of hydrogen-bond acceptors (Lipinski definition) is 5. The van der Waals surface area contributed by atoms with Gasteiger partial charge in [0.25, 0.3) is 0 Å². The summed E-state index contributed by atoms with van der Waals surface area (Å²) >= 11 is 3.65. The lowest BCUT2D eigenvalue weighted by molar-refractivity contribution is -0.131. The van der Waals surface area contributed by atoms with Crippen LogP contribution in [0.4, 0.5) is 0 Å². The van der Waals surface area contributed by atoms with Crippen LogP contribution in [0.25, 0.3) is 0 Å². The van der Waals surface area contributed by atoms with Gasteiger partial charge in [-0.25, -0.2) is 0 Å². The maximum Gasteiger partial charge on any atom is 0.189 e. The molecule has 5 heteroatoms. The van der Waals surface area contributed by atoms with Gasteiger partial charge in [0, 0.05) is 0 Å². The number of carbonyl (C=O) groups is 1. The summed E-state index contributed by atoms with van der Waals surface area (Å²) in [5.74, 6) is -0.473. The lowest BCUT2D eigenvalue weighted by Crippen LogP contribution is -2.36. The zero-order valence-electron chi connectivity index (χ0n) is 6.28. The number of Topliss-reactive ketones (excluding diaryl/α,β-unsaturated/α-hetero) is 1. The fourth-order valence-corrected chi connectivity index (χ4v) is 0.472. The van der Waals surface area contributed by atoms with Crippen molar-refractivity contribution >= 4 is 18.4 Å². The number of carbonyl (C=O) groups excluding carboxylic acids is 1. The third kappa shape index (κ3) is 4.36. The molecule has 0 saturated heterocycles. The van der Waals surface area contributed by atoms with Gasteiger partial charge in [-0.2, -0.15) is 0 Å². The van der Waals surface area contributed by atoms with Crippen LogP contribution in [0.15, 0.2) is 0 Å². The normalized spacial score (nSPS) is 16.0. The molecule has 0 aliphatic rings. The summed E-state index contributed by atoms with van der Waals surface area (Å²) in [6.45, 7) is 0.971. The molecule has 11 heavy (non-hydrogen) atoms. The molecule has 0 rings (SSSR count). The first-order valence-corrected chi connectivity index (χ1v) is 3.60. The molecule has 0 bridgehead atoms. The van der Waals surface area contributed by atoms with Crippen LogP contribution >= 0.6 is 12.6 Å². The van der Waals surface area contributed by atoms with Crippen LogP contribution in [-0.2, 0) is 9.53 Å². The molecule has 0 aliphatic carbocycles. The van der Waals surface area contributed by atoms with Crippen LogP contribution in [0.1, 0.15) is 6.92 Å². The molecular formula is C6H12O4S. The molecule has 1 unspecified atom stereocenters. The van der Waals surface area contributed by atoms with Crippen LogP contribution in [0.2, 0.25) is 0 Å². The second-order valence-corrected chi connectivity index (χ2v) is 2.89. The summed E-state index contributed by atoms with van der Waals surface area (Å²) in [5, 5.41) is 17.4. The molecule has 0 heterocycles. The molecule has 4 nitrogen and oxygen atoms in total. The zero-order valence-corrected chi connectivity index (χ0v) is 7.17. The van der Waals surface area contributed by atoms with Crippen LogP contribution in [0.3, 0.4) is 0 Å². The monoisotopic (exact) mass is 180 g/mol. The first-order valence-electron chi connectivity index (χ1n) is 3.15. The standard InChI is InChI=1S/C6H12O4S/c1-5(8)6(9,11)4-10-3-2-7/h7,9,11H,2-4H2,1H3. The SMILES string of the molecule is CC(=O)C(O)(S)COCCO. The van der Waals surface area contributed by atoms with Crippen LogP contribution in [0, 0.1) is 0 Å². The van der Waals surface area contributed by atoms with Crippen LogP contribution in [0.5, 0.6) is 0 Å². The van der Waals surface area contributed by atoms with E-state index in [2.05, 4.69) is 12.6 Å². The summed E-state index contributed by atoms with van der Waals surface area (Å²) < 4.78 is 4.71. The van der Waals surface area contributed by atoms with Crippen LogP contribution in [-0.4, -0.2) is 40.8 Å². The molecular weight excluding hydrogens is 168 g/mol. The van der Waals surface area contributed by atoms with Gasteiger partial charge in [-0.15, -0.1) is 12.6 Å². The molecule has 0 aromatic heterocycles. The predicted octanol–water partition coefficient (Wildman–Crippen LogP) is -0.797. The Morgan fingerprint density at radius 1 is 1.73 bits per heavy atom. The van der Waals surface area contributed by atoms with Crippen molar-refractivity contribution in [1.29, 1.82) is 0 Å². The highest BCUT2D eigenvalue weighted by molar-refractivity contribution is 7.82. The quantitative estimate of drug-likeness (QED) is 0.294. The van der Waals surface area contributed by atoms with Crippen molar-refractivity contribution in [2.75, 3.05) is 19.8 Å². The van der Waals surface area contributed by atoms with Crippen molar-refractivity contribution in [1.82, 2.24) is 0 Å². The summed E-state index contributed by atoms with van der Waals surface area (Å²) in [6, 6.07) is 0. The van der Waals surface area contributed by atoms with E-state index in [9.17, 15) is 4.79 Å². The van der Waals surface area contributed by atoms with E-state index in [0.717, 1.165) is 0 Å². The average molecular weight is 180 g/mol. The smallest absolute Gasteiger partial charge is 0.189 e. The van der Waals surface area contributed by atoms with Crippen molar-refractivity contribution in [2.24, 2.45) is 0 Å². The van der Waals surface area contributed by atoms with E-state index in [4.69, 9.17) is 14.9 Å². The number of rotatable bonds is 5. The maximum absolute atomic E-state index is 10.6. The van der Waals surface area contributed by atoms with E-state index < -0.39 is 10.7 Å². The summed E-state index contributed by atoms with van der Waals surface area (Å²) in [4.78, 5) is 8.86. The molecule has 1 atom stereocenters. The Morgan fingerprint density at radius 3 is 2.64 bits per heavy atom. The summed E-state index contributed by atoms with van der Waals surface area (Å²) in [5.41, 5.74) is 0. The second kappa shape index (κ2) is 4.71. The third-order valence-corrected chi connectivity index (χ3v) is 1.55. The minimum absolute atomic E-state index is 0.0934. The van der Waals surface area contributed by atoms with Gasteiger partial charge in [0.05, 0.1) is 19.8 Å². The van der Waals surface area contributed by atoms with Gasteiger partial charge >= 0.3 is 0 Å². The highest BCUT2D eigenvalue weighted by Gasteiger charge is 2.27. The fourth-order valence-electron chi connectivity index (χ4n) is 0.381. The van der Waals surface area contributed by atoms with Gasteiger partial charge in [-0.05, 0) is 6.92 Å². The Labute approximate surface area is 70.6 Å². The van der Waals surface area contributed by atoms with Crippen molar-refractivity contribution < 1.29 is 19.7 Å². The molecule has 0 radical (unpaired) electrons. The summed E-state index contributed by atoms with van der Waals surface area (Å²) in [6.07, 6.45) is 0. The lowest BCUT2D eigenvalue weighted by atomic mass is 10.2. The van der Waals surface area contributed by atoms with Gasteiger partial charge < -0.3 is 14.9 Å². The minimum atomic E-state index is -1.73. The van der Waals surface area contributed by atoms with E-state index >= 15 is 0 Å². The molecule has 0 spiro atoms. The molecule has 66 valence electrons. The molecule has 0 amide bonds. The first kappa shape index (κ1) is 10.9. The molecule has 0 aromatic carbocycles. The second-order valence-electron chi connectivity index (χ2n) is 2.15. The van der Waals surface area contributed by atoms with Crippen LogP contribution < -0.4 is 0 Å². The number of hydrogen-bond donors (Lipinski definition) is 3. The molecule has 0 saturated carbocycles. The Hall–Kier alpha value is -0.100. The Kier molecular flexibility index (Phi) is 4.67. The lowest BCUT2D eigenvalue weighted by Gasteiger charge is -2.17. The predicted molar refractivity (Wildman–Crippen MR) is 42.5 cm³/mol. The van der Waals surface area contributed by atoms with Crippen molar-refractivity contribution in [3.05, 3.63) is 0 Å². The number of thiol groups is 1. The molecule has 0 fully saturated rings. The molecule has 0 aromatic rings. The Morgan fingerprint density at radius 2 is 2.27 bits per heavy atom. The van der Waals surface area contributed by atoms with E-state index in [1.165, 1.54) is 6.92 Å². The number of ketones is 1. The Bertz CT molecular complexity index is 135. The topological polar surface area (TPSA) is 66.8 Å².